The molecule has 1 saturated heterocycles. The van der Waals surface area contributed by atoms with E-state index in [0.29, 0.717) is 18.1 Å². The number of nitrogens with one attached hydrogen (secondary N) is 2. The molecule has 3 unspecified atom stereocenters. The Labute approximate surface area is 172 Å². The number of amides is 2. The predicted octanol–water partition coefficient (Wildman–Crippen LogP) is 1.97. The van der Waals surface area contributed by atoms with Gasteiger partial charge in [0.2, 0.25) is 0 Å². The molecule has 3 atom stereocenters. The number of nitrogens with zero attached hydrogens (tertiary/aromatic N) is 4. The van der Waals surface area contributed by atoms with Gasteiger partial charge in [0.05, 0.1) is 12.1 Å². The van der Waals surface area contributed by atoms with Crippen LogP contribution < -0.4 is 21.1 Å². The molecule has 2 amide bonds. The van der Waals surface area contributed by atoms with Gasteiger partial charge in [0, 0.05) is 36.8 Å². The molecular formula is C19H26N6O3S. The molecule has 29 heavy (non-hydrogen) atoms. The second kappa shape index (κ2) is 8.91. The van der Waals surface area contributed by atoms with Gasteiger partial charge in [-0.1, -0.05) is 0 Å². The number of aliphatic hydroxyl groups is 1. The summed E-state index contributed by atoms with van der Waals surface area (Å²) in [7, 11) is 0. The molecule has 0 radical (unpaired) electrons. The summed E-state index contributed by atoms with van der Waals surface area (Å²) in [6.07, 6.45) is 6.53. The Balaban J connectivity index is 1.45. The Morgan fingerprint density at radius 3 is 2.90 bits per heavy atom. The minimum absolute atomic E-state index is 0.0951. The van der Waals surface area contributed by atoms with Crippen molar-refractivity contribution in [3.8, 4) is 0 Å². The first kappa shape index (κ1) is 19.8. The zero-order valence-corrected chi connectivity index (χ0v) is 17.0. The molecule has 3 N–H and O–H groups in total. The molecule has 0 bridgehead atoms. The smallest absolute Gasteiger partial charge is 0.321 e. The SMILES string of the molecule is O=C(NCC1CCCCN1c1ccc(=O)n(C2CCCC2O)n1)Nc1nccs1. The molecule has 2 aliphatic rings. The van der Waals surface area contributed by atoms with Crippen LogP contribution in [-0.4, -0.2) is 51.1 Å². The van der Waals surface area contributed by atoms with Crippen molar-refractivity contribution in [1.29, 1.82) is 0 Å². The van der Waals surface area contributed by atoms with Crippen LogP contribution in [0.3, 0.4) is 0 Å². The number of thiazole rings is 1. The van der Waals surface area contributed by atoms with Gasteiger partial charge in [-0.05, 0) is 44.6 Å². The van der Waals surface area contributed by atoms with Crippen LogP contribution in [0.5, 0.6) is 0 Å². The number of anilines is 2. The molecule has 2 aromatic heterocycles. The van der Waals surface area contributed by atoms with E-state index in [0.717, 1.165) is 44.5 Å². The number of rotatable bonds is 5. The number of aromatic nitrogens is 3. The summed E-state index contributed by atoms with van der Waals surface area (Å²) in [6, 6.07) is 2.83. The van der Waals surface area contributed by atoms with Crippen LogP contribution in [0.4, 0.5) is 15.7 Å². The Morgan fingerprint density at radius 2 is 2.14 bits per heavy atom. The van der Waals surface area contributed by atoms with Crippen molar-refractivity contribution in [2.75, 3.05) is 23.3 Å². The summed E-state index contributed by atoms with van der Waals surface area (Å²) in [6.45, 7) is 1.29. The minimum Gasteiger partial charge on any atom is -0.391 e. The molecule has 2 aromatic rings. The van der Waals surface area contributed by atoms with Gasteiger partial charge >= 0.3 is 6.03 Å². The summed E-state index contributed by atoms with van der Waals surface area (Å²) in [5.41, 5.74) is -0.186. The van der Waals surface area contributed by atoms with Crippen LogP contribution in [0.25, 0.3) is 0 Å². The molecule has 3 heterocycles. The molecule has 1 saturated carbocycles. The number of piperidine rings is 1. The molecule has 156 valence electrons. The van der Waals surface area contributed by atoms with E-state index >= 15 is 0 Å². The van der Waals surface area contributed by atoms with Crippen molar-refractivity contribution in [3.63, 3.8) is 0 Å². The zero-order valence-electron chi connectivity index (χ0n) is 16.2. The predicted molar refractivity (Wildman–Crippen MR) is 112 cm³/mol. The van der Waals surface area contributed by atoms with Crippen LogP contribution in [0.1, 0.15) is 44.6 Å². The number of carbonyl (C=O) groups excluding carboxylic acids is 1. The monoisotopic (exact) mass is 418 g/mol. The van der Waals surface area contributed by atoms with Gasteiger partial charge in [-0.2, -0.15) is 5.10 Å². The number of aliphatic hydroxyl groups excluding tert-OH is 1. The Bertz CT molecular complexity index is 886. The fourth-order valence-corrected chi connectivity index (χ4v) is 4.69. The highest BCUT2D eigenvalue weighted by molar-refractivity contribution is 7.13. The van der Waals surface area contributed by atoms with Gasteiger partial charge in [0.25, 0.3) is 5.56 Å². The van der Waals surface area contributed by atoms with Crippen molar-refractivity contribution in [2.45, 2.75) is 56.7 Å². The largest absolute Gasteiger partial charge is 0.391 e. The molecule has 1 aliphatic heterocycles. The van der Waals surface area contributed by atoms with Gasteiger partial charge in [-0.25, -0.2) is 14.5 Å². The highest BCUT2D eigenvalue weighted by Crippen LogP contribution is 2.29. The second-order valence-electron chi connectivity index (χ2n) is 7.56. The van der Waals surface area contributed by atoms with Gasteiger partial charge < -0.3 is 15.3 Å². The van der Waals surface area contributed by atoms with Crippen LogP contribution in [0, 0.1) is 0 Å². The molecule has 4 rings (SSSR count). The third kappa shape index (κ3) is 4.59. The third-order valence-corrected chi connectivity index (χ3v) is 6.33. The normalized spacial score (nSPS) is 24.4. The van der Waals surface area contributed by atoms with E-state index in [1.165, 1.54) is 22.1 Å². The van der Waals surface area contributed by atoms with Gasteiger partial charge in [-0.15, -0.1) is 11.3 Å². The van der Waals surface area contributed by atoms with E-state index in [4.69, 9.17) is 0 Å². The number of hydrogen-bond acceptors (Lipinski definition) is 7. The first-order valence-electron chi connectivity index (χ1n) is 10.1. The van der Waals surface area contributed by atoms with Crippen LogP contribution in [0.2, 0.25) is 0 Å². The summed E-state index contributed by atoms with van der Waals surface area (Å²) >= 11 is 1.37. The summed E-state index contributed by atoms with van der Waals surface area (Å²) < 4.78 is 1.45. The first-order chi connectivity index (χ1) is 14.1. The second-order valence-corrected chi connectivity index (χ2v) is 8.45. The lowest BCUT2D eigenvalue weighted by Crippen LogP contribution is -2.48. The number of carbonyl (C=O) groups is 1. The van der Waals surface area contributed by atoms with Crippen LogP contribution >= 0.6 is 11.3 Å². The van der Waals surface area contributed by atoms with Crippen molar-refractivity contribution >= 4 is 28.3 Å². The quantitative estimate of drug-likeness (QED) is 0.684. The lowest BCUT2D eigenvalue weighted by molar-refractivity contribution is 0.127. The van der Waals surface area contributed by atoms with E-state index < -0.39 is 6.10 Å². The summed E-state index contributed by atoms with van der Waals surface area (Å²) in [5, 5.41) is 22.8. The molecule has 9 nitrogen and oxygen atoms in total. The maximum absolute atomic E-state index is 12.3. The van der Waals surface area contributed by atoms with Gasteiger partial charge in [0.15, 0.2) is 5.13 Å². The maximum Gasteiger partial charge on any atom is 0.321 e. The average molecular weight is 419 g/mol. The number of hydrogen-bond donors (Lipinski definition) is 3. The maximum atomic E-state index is 12.3. The molecule has 2 fully saturated rings. The Hall–Kier alpha value is -2.46. The fraction of sp³-hybridized carbons (Fsp3) is 0.579. The highest BCUT2D eigenvalue weighted by atomic mass is 32.1. The fourth-order valence-electron chi connectivity index (χ4n) is 4.16. The highest BCUT2D eigenvalue weighted by Gasteiger charge is 2.30. The standard InChI is InChI=1S/C19H26N6O3S/c26-15-6-3-5-14(15)25-17(27)8-7-16(23-25)24-10-2-1-4-13(24)12-21-18(28)22-19-20-9-11-29-19/h7-9,11,13-15,26H,1-6,10,12H2,(H2,20,21,22,28). The van der Waals surface area contributed by atoms with E-state index in [2.05, 4.69) is 25.6 Å². The third-order valence-electron chi connectivity index (χ3n) is 5.64. The van der Waals surface area contributed by atoms with E-state index in [1.807, 2.05) is 0 Å². The Morgan fingerprint density at radius 1 is 1.24 bits per heavy atom. The first-order valence-corrected chi connectivity index (χ1v) is 11.0. The summed E-state index contributed by atoms with van der Waals surface area (Å²) in [4.78, 5) is 30.7. The van der Waals surface area contributed by atoms with E-state index in [1.54, 1.807) is 17.6 Å². The number of urea groups is 1. The lowest BCUT2D eigenvalue weighted by Gasteiger charge is -2.37. The topological polar surface area (TPSA) is 112 Å². The molecule has 0 spiro atoms. The zero-order chi connectivity index (χ0) is 20.2. The molecule has 1 aliphatic carbocycles. The van der Waals surface area contributed by atoms with E-state index in [9.17, 15) is 14.7 Å². The minimum atomic E-state index is -0.524. The van der Waals surface area contributed by atoms with Crippen molar-refractivity contribution in [2.24, 2.45) is 0 Å². The van der Waals surface area contributed by atoms with Crippen LogP contribution in [-0.2, 0) is 0 Å². The van der Waals surface area contributed by atoms with Crippen molar-refractivity contribution in [1.82, 2.24) is 20.1 Å². The van der Waals surface area contributed by atoms with Crippen molar-refractivity contribution in [3.05, 3.63) is 34.1 Å². The molecule has 10 heteroatoms. The van der Waals surface area contributed by atoms with Gasteiger partial charge in [-0.3, -0.25) is 10.1 Å². The Kier molecular flexibility index (Phi) is 6.10. The van der Waals surface area contributed by atoms with Crippen molar-refractivity contribution < 1.29 is 9.90 Å². The lowest BCUT2D eigenvalue weighted by atomic mass is 10.0. The van der Waals surface area contributed by atoms with Crippen LogP contribution in [0.15, 0.2) is 28.5 Å². The van der Waals surface area contributed by atoms with E-state index in [-0.39, 0.29) is 23.7 Å². The average Bonchev–Trinajstić information content (AvgIpc) is 3.39. The molecular weight excluding hydrogens is 392 g/mol. The summed E-state index contributed by atoms with van der Waals surface area (Å²) in [5.74, 6) is 0.718. The molecule has 0 aromatic carbocycles. The van der Waals surface area contributed by atoms with Gasteiger partial charge in [0.1, 0.15) is 5.82 Å².